The van der Waals surface area contributed by atoms with Crippen molar-refractivity contribution >= 4 is 39.2 Å². The second kappa shape index (κ2) is 4.82. The lowest BCUT2D eigenvalue weighted by Crippen LogP contribution is -1.95. The van der Waals surface area contributed by atoms with Crippen LogP contribution in [0.15, 0.2) is 27.1 Å². The molecule has 0 aliphatic carbocycles. The number of anilines is 2. The maximum absolute atomic E-state index is 5.94. The SMILES string of the molecule is NCc1nnc(Nc2cccc(Cl)c2Br)o1. The molecule has 5 nitrogen and oxygen atoms in total. The average molecular weight is 304 g/mol. The van der Waals surface area contributed by atoms with Gasteiger partial charge in [0.15, 0.2) is 0 Å². The van der Waals surface area contributed by atoms with Crippen molar-refractivity contribution in [1.82, 2.24) is 10.2 Å². The Balaban J connectivity index is 2.23. The van der Waals surface area contributed by atoms with E-state index >= 15 is 0 Å². The lowest BCUT2D eigenvalue weighted by molar-refractivity contribution is 0.511. The topological polar surface area (TPSA) is 77.0 Å². The second-order valence-corrected chi connectivity index (χ2v) is 4.13. The average Bonchev–Trinajstić information content (AvgIpc) is 2.73. The van der Waals surface area contributed by atoms with Gasteiger partial charge < -0.3 is 15.5 Å². The molecular weight excluding hydrogens is 295 g/mol. The van der Waals surface area contributed by atoms with Gasteiger partial charge in [0, 0.05) is 0 Å². The Morgan fingerprint density at radius 3 is 2.94 bits per heavy atom. The minimum Gasteiger partial charge on any atom is -0.406 e. The fourth-order valence-electron chi connectivity index (χ4n) is 1.10. The van der Waals surface area contributed by atoms with Crippen molar-refractivity contribution in [3.63, 3.8) is 0 Å². The first kappa shape index (κ1) is 11.4. The number of benzene rings is 1. The monoisotopic (exact) mass is 302 g/mol. The number of nitrogens with zero attached hydrogens (tertiary/aromatic N) is 2. The predicted molar refractivity (Wildman–Crippen MR) is 64.6 cm³/mol. The molecule has 84 valence electrons. The van der Waals surface area contributed by atoms with Crippen LogP contribution in [-0.2, 0) is 6.54 Å². The van der Waals surface area contributed by atoms with E-state index in [9.17, 15) is 0 Å². The Morgan fingerprint density at radius 2 is 2.25 bits per heavy atom. The Morgan fingerprint density at radius 1 is 1.44 bits per heavy atom. The molecular formula is C9H8BrClN4O. The molecule has 0 aliphatic heterocycles. The molecule has 0 saturated heterocycles. The van der Waals surface area contributed by atoms with E-state index in [-0.39, 0.29) is 12.6 Å². The van der Waals surface area contributed by atoms with E-state index in [0.717, 1.165) is 10.2 Å². The van der Waals surface area contributed by atoms with Crippen LogP contribution in [0.5, 0.6) is 0 Å². The zero-order valence-electron chi connectivity index (χ0n) is 8.08. The van der Waals surface area contributed by atoms with Gasteiger partial charge in [-0.1, -0.05) is 22.8 Å². The molecule has 0 aliphatic rings. The smallest absolute Gasteiger partial charge is 0.320 e. The number of hydrogen-bond acceptors (Lipinski definition) is 5. The third-order valence-corrected chi connectivity index (χ3v) is 3.23. The molecule has 0 saturated carbocycles. The second-order valence-electron chi connectivity index (χ2n) is 2.93. The molecule has 2 aromatic rings. The predicted octanol–water partition coefficient (Wildman–Crippen LogP) is 2.69. The van der Waals surface area contributed by atoms with Crippen LogP contribution in [0.1, 0.15) is 5.89 Å². The molecule has 0 unspecified atom stereocenters. The zero-order valence-corrected chi connectivity index (χ0v) is 10.4. The molecule has 7 heteroatoms. The summed E-state index contributed by atoms with van der Waals surface area (Å²) in [6.45, 7) is 0.214. The van der Waals surface area contributed by atoms with Gasteiger partial charge in [0.05, 0.1) is 21.7 Å². The van der Waals surface area contributed by atoms with Crippen LogP contribution >= 0.6 is 27.5 Å². The van der Waals surface area contributed by atoms with Crippen molar-refractivity contribution in [2.24, 2.45) is 5.73 Å². The first-order valence-corrected chi connectivity index (χ1v) is 5.61. The van der Waals surface area contributed by atoms with Crippen molar-refractivity contribution in [1.29, 1.82) is 0 Å². The fourth-order valence-corrected chi connectivity index (χ4v) is 1.64. The molecule has 1 heterocycles. The number of halogens is 2. The van der Waals surface area contributed by atoms with Crippen molar-refractivity contribution in [2.45, 2.75) is 6.54 Å². The van der Waals surface area contributed by atoms with Gasteiger partial charge in [0.2, 0.25) is 5.89 Å². The zero-order chi connectivity index (χ0) is 11.5. The lowest BCUT2D eigenvalue weighted by atomic mass is 10.3. The number of nitrogens with one attached hydrogen (secondary N) is 1. The molecule has 3 N–H and O–H groups in total. The van der Waals surface area contributed by atoms with Crippen LogP contribution in [0, 0.1) is 0 Å². The molecule has 0 atom stereocenters. The number of hydrogen-bond donors (Lipinski definition) is 2. The van der Waals surface area contributed by atoms with Crippen LogP contribution in [0.3, 0.4) is 0 Å². The van der Waals surface area contributed by atoms with Crippen LogP contribution in [0.2, 0.25) is 5.02 Å². The van der Waals surface area contributed by atoms with Gasteiger partial charge in [-0.2, -0.15) is 0 Å². The van der Waals surface area contributed by atoms with Crippen molar-refractivity contribution in [2.75, 3.05) is 5.32 Å². The summed E-state index contributed by atoms with van der Waals surface area (Å²) < 4.78 is 5.95. The number of rotatable bonds is 3. The van der Waals surface area contributed by atoms with Gasteiger partial charge in [-0.05, 0) is 28.1 Å². The summed E-state index contributed by atoms with van der Waals surface area (Å²) in [6, 6.07) is 5.71. The van der Waals surface area contributed by atoms with Crippen molar-refractivity contribution in [3.8, 4) is 0 Å². The molecule has 0 fully saturated rings. The summed E-state index contributed by atoms with van der Waals surface area (Å²) in [6.07, 6.45) is 0. The third-order valence-electron chi connectivity index (χ3n) is 1.83. The maximum Gasteiger partial charge on any atom is 0.320 e. The molecule has 1 aromatic carbocycles. The van der Waals surface area contributed by atoms with Gasteiger partial charge >= 0.3 is 6.01 Å². The van der Waals surface area contributed by atoms with Crippen LogP contribution in [0.25, 0.3) is 0 Å². The molecule has 0 amide bonds. The summed E-state index contributed by atoms with van der Waals surface area (Å²) in [4.78, 5) is 0. The Kier molecular flexibility index (Phi) is 3.42. The third kappa shape index (κ3) is 2.34. The van der Waals surface area contributed by atoms with Crippen molar-refractivity contribution < 1.29 is 4.42 Å². The van der Waals surface area contributed by atoms with Crippen molar-refractivity contribution in [3.05, 3.63) is 33.6 Å². The van der Waals surface area contributed by atoms with Crippen LogP contribution in [-0.4, -0.2) is 10.2 Å². The summed E-state index contributed by atoms with van der Waals surface area (Å²) in [5.41, 5.74) is 6.11. The van der Waals surface area contributed by atoms with E-state index in [2.05, 4.69) is 31.4 Å². The van der Waals surface area contributed by atoms with E-state index in [1.165, 1.54) is 0 Å². The quantitative estimate of drug-likeness (QED) is 0.911. The standard InChI is InChI=1S/C9H8BrClN4O/c10-8-5(11)2-1-3-6(8)13-9-15-14-7(4-12)16-9/h1-3H,4,12H2,(H,13,15). The highest BCUT2D eigenvalue weighted by Crippen LogP contribution is 2.31. The number of nitrogens with two attached hydrogens (primary N) is 1. The van der Waals surface area contributed by atoms with E-state index in [4.69, 9.17) is 21.8 Å². The highest BCUT2D eigenvalue weighted by molar-refractivity contribution is 9.10. The van der Waals surface area contributed by atoms with E-state index in [1.807, 2.05) is 12.1 Å². The molecule has 0 radical (unpaired) electrons. The minimum atomic E-state index is 0.214. The van der Waals surface area contributed by atoms with Gasteiger partial charge in [-0.25, -0.2) is 0 Å². The molecule has 0 bridgehead atoms. The maximum atomic E-state index is 5.94. The molecule has 0 spiro atoms. The Labute approximate surface area is 105 Å². The lowest BCUT2D eigenvalue weighted by Gasteiger charge is -2.04. The van der Waals surface area contributed by atoms with Gasteiger partial charge in [0.1, 0.15) is 0 Å². The van der Waals surface area contributed by atoms with E-state index < -0.39 is 0 Å². The summed E-state index contributed by atoms with van der Waals surface area (Å²) >= 11 is 9.29. The summed E-state index contributed by atoms with van der Waals surface area (Å²) in [5.74, 6) is 0.376. The Bertz CT molecular complexity index is 502. The highest BCUT2D eigenvalue weighted by atomic mass is 79.9. The van der Waals surface area contributed by atoms with Crippen LogP contribution < -0.4 is 11.1 Å². The summed E-state index contributed by atoms with van der Waals surface area (Å²) in [5, 5.41) is 11.1. The van der Waals surface area contributed by atoms with E-state index in [1.54, 1.807) is 6.07 Å². The minimum absolute atomic E-state index is 0.214. The first-order chi connectivity index (χ1) is 7.70. The number of aromatic nitrogens is 2. The highest BCUT2D eigenvalue weighted by Gasteiger charge is 2.08. The normalized spacial score (nSPS) is 10.4. The van der Waals surface area contributed by atoms with Gasteiger partial charge in [-0.3, -0.25) is 0 Å². The molecule has 1 aromatic heterocycles. The largest absolute Gasteiger partial charge is 0.406 e. The Hall–Kier alpha value is -1.11. The summed E-state index contributed by atoms with van der Waals surface area (Å²) in [7, 11) is 0. The molecule has 2 rings (SSSR count). The first-order valence-electron chi connectivity index (χ1n) is 4.44. The van der Waals surface area contributed by atoms with Gasteiger partial charge in [-0.15, -0.1) is 5.10 Å². The van der Waals surface area contributed by atoms with E-state index in [0.29, 0.717) is 10.9 Å². The van der Waals surface area contributed by atoms with Gasteiger partial charge in [0.25, 0.3) is 0 Å². The van der Waals surface area contributed by atoms with Crippen LogP contribution in [0.4, 0.5) is 11.7 Å². The fraction of sp³-hybridized carbons (Fsp3) is 0.111. The molecule has 16 heavy (non-hydrogen) atoms.